The highest BCUT2D eigenvalue weighted by Gasteiger charge is 2.44. The van der Waals surface area contributed by atoms with Crippen LogP contribution in [0.5, 0.6) is 0 Å². The molecule has 32 heavy (non-hydrogen) atoms. The summed E-state index contributed by atoms with van der Waals surface area (Å²) in [4.78, 5) is 2.98. The van der Waals surface area contributed by atoms with E-state index in [2.05, 4.69) is 21.1 Å². The molecule has 0 saturated carbocycles. The van der Waals surface area contributed by atoms with E-state index in [0.29, 0.717) is 35.2 Å². The standard InChI is InChI=1S/C21H21N5O4S2/c1-13-2-7-19(21-20(13)14(9-22)10-24-21)25-31(27,28)17-3-5-18(6-4-17)32(29,30)26-12-15-8-16(26)11-23-15/h2-7,10,15-16,23-25H,8,11-12H2,1H3/t15-,16+/m1/s1. The van der Waals surface area contributed by atoms with Crippen molar-refractivity contribution in [1.29, 1.82) is 5.26 Å². The minimum absolute atomic E-state index is 0.0538. The van der Waals surface area contributed by atoms with Crippen molar-refractivity contribution in [2.75, 3.05) is 17.8 Å². The highest BCUT2D eigenvalue weighted by Crippen LogP contribution is 2.32. The lowest BCUT2D eigenvalue weighted by atomic mass is 10.1. The van der Waals surface area contributed by atoms with Crippen LogP contribution in [0.1, 0.15) is 17.5 Å². The van der Waals surface area contributed by atoms with Crippen molar-refractivity contribution in [2.45, 2.75) is 35.2 Å². The van der Waals surface area contributed by atoms with Crippen molar-refractivity contribution >= 4 is 36.6 Å². The monoisotopic (exact) mass is 471 g/mol. The fourth-order valence-corrected chi connectivity index (χ4v) is 7.29. The molecule has 0 unspecified atom stereocenters. The number of nitrogens with one attached hydrogen (secondary N) is 3. The van der Waals surface area contributed by atoms with E-state index in [-0.39, 0.29) is 21.9 Å². The van der Waals surface area contributed by atoms with E-state index in [1.807, 2.05) is 6.92 Å². The topological polar surface area (TPSA) is 135 Å². The minimum atomic E-state index is -3.98. The normalized spacial score (nSPS) is 21.1. The lowest BCUT2D eigenvalue weighted by Gasteiger charge is -2.26. The Morgan fingerprint density at radius 2 is 1.81 bits per heavy atom. The maximum atomic E-state index is 13.0. The average Bonchev–Trinajstić information content (AvgIpc) is 3.51. The molecule has 3 aromatic rings. The molecule has 2 aliphatic heterocycles. The number of benzene rings is 2. The Balaban J connectivity index is 1.43. The molecule has 0 radical (unpaired) electrons. The molecule has 2 fully saturated rings. The molecule has 1 aromatic heterocycles. The number of rotatable bonds is 5. The Hall–Kier alpha value is -2.91. The number of fused-ring (bicyclic) bond motifs is 3. The molecule has 2 atom stereocenters. The fourth-order valence-electron chi connectivity index (χ4n) is 4.54. The van der Waals surface area contributed by atoms with Gasteiger partial charge in [-0.3, -0.25) is 4.72 Å². The molecule has 2 aliphatic rings. The van der Waals surface area contributed by atoms with Crippen molar-refractivity contribution < 1.29 is 16.8 Å². The van der Waals surface area contributed by atoms with Gasteiger partial charge in [-0.05, 0) is 49.2 Å². The first-order chi connectivity index (χ1) is 15.2. The zero-order valence-corrected chi connectivity index (χ0v) is 18.8. The molecule has 11 heteroatoms. The van der Waals surface area contributed by atoms with Crippen LogP contribution in [0.15, 0.2) is 52.4 Å². The summed E-state index contributed by atoms with van der Waals surface area (Å²) >= 11 is 0. The minimum Gasteiger partial charge on any atom is -0.358 e. The smallest absolute Gasteiger partial charge is 0.261 e. The van der Waals surface area contributed by atoms with Crippen LogP contribution in [0, 0.1) is 18.3 Å². The zero-order chi connectivity index (χ0) is 22.7. The third kappa shape index (κ3) is 3.27. The van der Waals surface area contributed by atoms with Gasteiger partial charge in [-0.25, -0.2) is 16.8 Å². The number of piperazine rings is 1. The molecule has 0 spiro atoms. The van der Waals surface area contributed by atoms with Gasteiger partial charge < -0.3 is 10.3 Å². The third-order valence-corrected chi connectivity index (χ3v) is 9.47. The van der Waals surface area contributed by atoms with Crippen LogP contribution >= 0.6 is 0 Å². The summed E-state index contributed by atoms with van der Waals surface area (Å²) in [6.07, 6.45) is 2.34. The van der Waals surface area contributed by atoms with Crippen LogP contribution in [0.4, 0.5) is 5.69 Å². The van der Waals surface area contributed by atoms with Gasteiger partial charge in [0.2, 0.25) is 10.0 Å². The molecule has 2 saturated heterocycles. The van der Waals surface area contributed by atoms with E-state index in [1.54, 1.807) is 12.1 Å². The lowest BCUT2D eigenvalue weighted by Crippen LogP contribution is -2.46. The number of aromatic amines is 1. The van der Waals surface area contributed by atoms with Crippen molar-refractivity contribution in [3.63, 3.8) is 0 Å². The van der Waals surface area contributed by atoms with E-state index in [0.717, 1.165) is 12.0 Å². The van der Waals surface area contributed by atoms with Crippen LogP contribution < -0.4 is 10.0 Å². The summed E-state index contributed by atoms with van der Waals surface area (Å²) in [5, 5.41) is 13.2. The summed E-state index contributed by atoms with van der Waals surface area (Å²) in [6.45, 7) is 2.91. The summed E-state index contributed by atoms with van der Waals surface area (Å²) in [5.41, 5.74) is 2.10. The van der Waals surface area contributed by atoms with Gasteiger partial charge in [0, 0.05) is 36.8 Å². The second kappa shape index (κ2) is 7.31. The van der Waals surface area contributed by atoms with Crippen molar-refractivity contribution in [2.24, 2.45) is 0 Å². The summed E-state index contributed by atoms with van der Waals surface area (Å²) in [7, 11) is -7.66. The first-order valence-electron chi connectivity index (χ1n) is 10.1. The summed E-state index contributed by atoms with van der Waals surface area (Å²) in [5.74, 6) is 0. The third-order valence-electron chi connectivity index (χ3n) is 6.16. The first kappa shape index (κ1) is 21.0. The van der Waals surface area contributed by atoms with E-state index in [4.69, 9.17) is 0 Å². The average molecular weight is 472 g/mol. The molecular formula is C21H21N5O4S2. The molecule has 5 rings (SSSR count). The molecule has 3 N–H and O–H groups in total. The van der Waals surface area contributed by atoms with Gasteiger partial charge >= 0.3 is 0 Å². The highest BCUT2D eigenvalue weighted by atomic mass is 32.2. The SMILES string of the molecule is Cc1ccc(NS(=O)(=O)c2ccc(S(=O)(=O)N3C[C@H]4C[C@H]3CN4)cc2)c2[nH]cc(C#N)c12. The second-order valence-corrected chi connectivity index (χ2v) is 11.7. The number of aromatic nitrogens is 1. The van der Waals surface area contributed by atoms with Crippen molar-refractivity contribution in [3.8, 4) is 6.07 Å². The molecule has 3 heterocycles. The van der Waals surface area contributed by atoms with Crippen LogP contribution in [0.25, 0.3) is 10.9 Å². The number of nitrogens with zero attached hydrogens (tertiary/aromatic N) is 2. The summed E-state index contributed by atoms with van der Waals surface area (Å²) < 4.78 is 56.0. The van der Waals surface area contributed by atoms with Gasteiger partial charge in [0.25, 0.3) is 10.0 Å². The highest BCUT2D eigenvalue weighted by molar-refractivity contribution is 7.92. The van der Waals surface area contributed by atoms with Crippen molar-refractivity contribution in [3.05, 3.63) is 53.7 Å². The largest absolute Gasteiger partial charge is 0.358 e. The van der Waals surface area contributed by atoms with Crippen LogP contribution in [0.3, 0.4) is 0 Å². The van der Waals surface area contributed by atoms with E-state index in [9.17, 15) is 22.1 Å². The van der Waals surface area contributed by atoms with Gasteiger partial charge in [0.1, 0.15) is 6.07 Å². The quantitative estimate of drug-likeness (QED) is 0.520. The van der Waals surface area contributed by atoms with E-state index < -0.39 is 20.0 Å². The van der Waals surface area contributed by atoms with Crippen molar-refractivity contribution in [1.82, 2.24) is 14.6 Å². The predicted octanol–water partition coefficient (Wildman–Crippen LogP) is 1.88. The number of hydrogen-bond acceptors (Lipinski definition) is 6. The van der Waals surface area contributed by atoms with Crippen LogP contribution in [-0.2, 0) is 20.0 Å². The number of anilines is 1. The maximum absolute atomic E-state index is 13.0. The van der Waals surface area contributed by atoms with Gasteiger partial charge in [-0.2, -0.15) is 9.57 Å². The van der Waals surface area contributed by atoms with Crippen LogP contribution in [-0.4, -0.2) is 51.3 Å². The molecule has 2 bridgehead atoms. The fraction of sp³-hybridized carbons (Fsp3) is 0.286. The molecule has 166 valence electrons. The van der Waals surface area contributed by atoms with E-state index >= 15 is 0 Å². The Kier molecular flexibility index (Phi) is 4.79. The molecule has 0 amide bonds. The predicted molar refractivity (Wildman–Crippen MR) is 119 cm³/mol. The summed E-state index contributed by atoms with van der Waals surface area (Å²) in [6, 6.07) is 10.8. The zero-order valence-electron chi connectivity index (χ0n) is 17.2. The number of hydrogen-bond donors (Lipinski definition) is 3. The Bertz CT molecular complexity index is 1470. The molecule has 0 aliphatic carbocycles. The Labute approximate surface area is 186 Å². The van der Waals surface area contributed by atoms with Gasteiger partial charge in [0.05, 0.1) is 26.6 Å². The van der Waals surface area contributed by atoms with Gasteiger partial charge in [0.15, 0.2) is 0 Å². The number of aryl methyl sites for hydroxylation is 1. The molecule has 2 aromatic carbocycles. The number of H-pyrrole nitrogens is 1. The van der Waals surface area contributed by atoms with Gasteiger partial charge in [-0.1, -0.05) is 6.07 Å². The van der Waals surface area contributed by atoms with Crippen LogP contribution in [0.2, 0.25) is 0 Å². The Morgan fingerprint density at radius 3 is 2.44 bits per heavy atom. The van der Waals surface area contributed by atoms with E-state index in [1.165, 1.54) is 34.8 Å². The maximum Gasteiger partial charge on any atom is 0.261 e. The Morgan fingerprint density at radius 1 is 1.09 bits per heavy atom. The number of nitriles is 1. The van der Waals surface area contributed by atoms with Gasteiger partial charge in [-0.15, -0.1) is 0 Å². The number of sulfonamides is 2. The molecular weight excluding hydrogens is 450 g/mol. The second-order valence-electron chi connectivity index (χ2n) is 8.14. The molecule has 9 nitrogen and oxygen atoms in total. The first-order valence-corrected chi connectivity index (χ1v) is 13.0. The lowest BCUT2D eigenvalue weighted by molar-refractivity contribution is 0.349.